The van der Waals surface area contributed by atoms with Crippen molar-refractivity contribution in [2.24, 2.45) is 0 Å². The lowest BCUT2D eigenvalue weighted by Gasteiger charge is -2.23. The van der Waals surface area contributed by atoms with Crippen LogP contribution >= 0.6 is 11.8 Å². The van der Waals surface area contributed by atoms with Crippen molar-refractivity contribution in [2.75, 3.05) is 13.7 Å². The third-order valence-corrected chi connectivity index (χ3v) is 3.30. The molecule has 0 aliphatic carbocycles. The molecule has 0 heterocycles. The number of hydrogen-bond donors (Lipinski definition) is 2. The predicted molar refractivity (Wildman–Crippen MR) is 61.9 cm³/mol. The Morgan fingerprint density at radius 2 is 2.00 bits per heavy atom. The van der Waals surface area contributed by atoms with E-state index >= 15 is 0 Å². The summed E-state index contributed by atoms with van der Waals surface area (Å²) < 4.78 is 3.89. The average molecular weight is 242 g/mol. The molecule has 5 heteroatoms. The second-order valence-electron chi connectivity index (χ2n) is 3.56. The highest BCUT2D eigenvalue weighted by Gasteiger charge is 2.34. The Bertz CT molecular complexity index is 363. The summed E-state index contributed by atoms with van der Waals surface area (Å²) in [7, 11) is 1.47. The second-order valence-corrected chi connectivity index (χ2v) is 5.14. The number of aliphatic carboxylic acids is 1. The molecule has 88 valence electrons. The third-order valence-electron chi connectivity index (χ3n) is 2.05. The van der Waals surface area contributed by atoms with Gasteiger partial charge in [0.1, 0.15) is 10.5 Å². The first-order valence-corrected chi connectivity index (χ1v) is 5.50. The lowest BCUT2D eigenvalue weighted by Crippen LogP contribution is -2.36. The van der Waals surface area contributed by atoms with E-state index in [4.69, 9.17) is 14.9 Å². The van der Waals surface area contributed by atoms with E-state index in [1.807, 2.05) is 0 Å². The maximum atomic E-state index is 11.1. The molecule has 0 amide bonds. The van der Waals surface area contributed by atoms with Crippen LogP contribution in [0.15, 0.2) is 29.2 Å². The van der Waals surface area contributed by atoms with Gasteiger partial charge in [-0.05, 0) is 31.2 Å². The van der Waals surface area contributed by atoms with Gasteiger partial charge in [0, 0.05) is 12.0 Å². The molecule has 1 unspecified atom stereocenters. The lowest BCUT2D eigenvalue weighted by molar-refractivity contribution is -0.140. The fourth-order valence-corrected chi connectivity index (χ4v) is 2.24. The molecule has 16 heavy (non-hydrogen) atoms. The number of hydrogen-bond acceptors (Lipinski definition) is 4. The molecular weight excluding hydrogens is 228 g/mol. The van der Waals surface area contributed by atoms with Gasteiger partial charge >= 0.3 is 5.97 Å². The van der Waals surface area contributed by atoms with Crippen LogP contribution in [0.1, 0.15) is 6.92 Å². The molecule has 1 rings (SSSR count). The molecule has 0 radical (unpaired) electrons. The maximum absolute atomic E-state index is 11.1. The average Bonchev–Trinajstić information content (AvgIpc) is 2.22. The normalized spacial score (nSPS) is 14.4. The summed E-state index contributed by atoms with van der Waals surface area (Å²) in [5.74, 6) is -0.763. The van der Waals surface area contributed by atoms with Gasteiger partial charge < -0.3 is 14.9 Å². The van der Waals surface area contributed by atoms with Gasteiger partial charge in [0.05, 0.1) is 6.61 Å². The van der Waals surface area contributed by atoms with E-state index < -0.39 is 10.7 Å². The van der Waals surface area contributed by atoms with E-state index in [9.17, 15) is 4.79 Å². The largest absolute Gasteiger partial charge is 0.508 e. The SMILES string of the molecule is COCC(C)(Sc1ccc(O)cc1)C(=O)O. The Morgan fingerprint density at radius 1 is 1.44 bits per heavy atom. The number of phenols is 1. The summed E-state index contributed by atoms with van der Waals surface area (Å²) in [5, 5.41) is 18.2. The van der Waals surface area contributed by atoms with Gasteiger partial charge in [-0.15, -0.1) is 11.8 Å². The zero-order valence-electron chi connectivity index (χ0n) is 9.14. The van der Waals surface area contributed by atoms with Crippen LogP contribution in [0.3, 0.4) is 0 Å². The third kappa shape index (κ3) is 3.15. The Hall–Kier alpha value is -1.20. The number of methoxy groups -OCH3 is 1. The maximum Gasteiger partial charge on any atom is 0.322 e. The molecule has 0 fully saturated rings. The number of ether oxygens (including phenoxy) is 1. The van der Waals surface area contributed by atoms with Gasteiger partial charge in [0.2, 0.25) is 0 Å². The Morgan fingerprint density at radius 3 is 2.44 bits per heavy atom. The van der Waals surface area contributed by atoms with Crippen molar-refractivity contribution in [3.8, 4) is 5.75 Å². The minimum absolute atomic E-state index is 0.119. The molecule has 0 saturated heterocycles. The first kappa shape index (κ1) is 12.9. The van der Waals surface area contributed by atoms with Gasteiger partial charge in [-0.2, -0.15) is 0 Å². The Labute approximate surface area is 98.2 Å². The molecule has 0 aliphatic rings. The summed E-state index contributed by atoms with van der Waals surface area (Å²) in [5.41, 5.74) is 0. The van der Waals surface area contributed by atoms with Crippen molar-refractivity contribution in [2.45, 2.75) is 16.6 Å². The molecular formula is C11H14O4S. The monoisotopic (exact) mass is 242 g/mol. The summed E-state index contributed by atoms with van der Waals surface area (Å²) in [6.45, 7) is 1.73. The van der Waals surface area contributed by atoms with Crippen LogP contribution < -0.4 is 0 Å². The standard InChI is InChI=1S/C11H14O4S/c1-11(7-15-2,10(13)14)16-9-5-3-8(12)4-6-9/h3-6,12H,7H2,1-2H3,(H,13,14). The number of rotatable bonds is 5. The summed E-state index contributed by atoms with van der Waals surface area (Å²) in [4.78, 5) is 11.9. The highest BCUT2D eigenvalue weighted by Crippen LogP contribution is 2.34. The number of benzene rings is 1. The van der Waals surface area contributed by atoms with E-state index in [0.29, 0.717) is 0 Å². The Balaban J connectivity index is 2.83. The highest BCUT2D eigenvalue weighted by atomic mass is 32.2. The number of carboxylic acid groups (broad SMARTS) is 1. The number of phenolic OH excluding ortho intramolecular Hbond substituents is 1. The van der Waals surface area contributed by atoms with Gasteiger partial charge in [0.15, 0.2) is 0 Å². The summed E-state index contributed by atoms with van der Waals surface area (Å²) in [6.07, 6.45) is 0. The molecule has 0 saturated carbocycles. The fraction of sp³-hybridized carbons (Fsp3) is 0.364. The van der Waals surface area contributed by atoms with Gasteiger partial charge in [-0.3, -0.25) is 4.79 Å². The van der Waals surface area contributed by atoms with Crippen LogP contribution in [0.25, 0.3) is 0 Å². The van der Waals surface area contributed by atoms with E-state index in [1.165, 1.54) is 31.0 Å². The Kier molecular flexibility index (Phi) is 4.20. The fourth-order valence-electron chi connectivity index (χ4n) is 1.18. The van der Waals surface area contributed by atoms with Crippen molar-refractivity contribution in [3.05, 3.63) is 24.3 Å². The number of carboxylic acids is 1. The van der Waals surface area contributed by atoms with Gasteiger partial charge in [-0.1, -0.05) is 0 Å². The zero-order chi connectivity index (χ0) is 12.2. The minimum Gasteiger partial charge on any atom is -0.508 e. The molecule has 0 aromatic heterocycles. The molecule has 1 aromatic rings. The van der Waals surface area contributed by atoms with Crippen LogP contribution in [0, 0.1) is 0 Å². The van der Waals surface area contributed by atoms with Crippen molar-refractivity contribution >= 4 is 17.7 Å². The molecule has 0 aliphatic heterocycles. The minimum atomic E-state index is -1.02. The first-order chi connectivity index (χ1) is 7.48. The van der Waals surface area contributed by atoms with E-state index in [0.717, 1.165) is 4.90 Å². The first-order valence-electron chi connectivity index (χ1n) is 4.68. The molecule has 1 atom stereocenters. The molecule has 0 bridgehead atoms. The quantitative estimate of drug-likeness (QED) is 0.773. The molecule has 0 spiro atoms. The number of thioether (sulfide) groups is 1. The van der Waals surface area contributed by atoms with E-state index in [1.54, 1.807) is 19.1 Å². The van der Waals surface area contributed by atoms with Crippen LogP contribution in [-0.4, -0.2) is 34.6 Å². The molecule has 2 N–H and O–H groups in total. The summed E-state index contributed by atoms with van der Waals surface area (Å²) in [6, 6.07) is 6.41. The van der Waals surface area contributed by atoms with Crippen molar-refractivity contribution < 1.29 is 19.7 Å². The van der Waals surface area contributed by atoms with Crippen LogP contribution in [0.5, 0.6) is 5.75 Å². The van der Waals surface area contributed by atoms with Crippen molar-refractivity contribution in [3.63, 3.8) is 0 Å². The van der Waals surface area contributed by atoms with Crippen LogP contribution in [-0.2, 0) is 9.53 Å². The number of carbonyl (C=O) groups is 1. The van der Waals surface area contributed by atoms with Crippen LogP contribution in [0.4, 0.5) is 0 Å². The predicted octanol–water partition coefficient (Wildman–Crippen LogP) is 1.97. The van der Waals surface area contributed by atoms with E-state index in [2.05, 4.69) is 0 Å². The smallest absolute Gasteiger partial charge is 0.322 e. The van der Waals surface area contributed by atoms with E-state index in [-0.39, 0.29) is 12.4 Å². The summed E-state index contributed by atoms with van der Waals surface area (Å²) >= 11 is 1.20. The van der Waals surface area contributed by atoms with Crippen molar-refractivity contribution in [1.29, 1.82) is 0 Å². The topological polar surface area (TPSA) is 66.8 Å². The second kappa shape index (κ2) is 5.23. The zero-order valence-corrected chi connectivity index (χ0v) is 9.95. The number of aromatic hydroxyl groups is 1. The lowest BCUT2D eigenvalue weighted by atomic mass is 10.2. The molecule has 4 nitrogen and oxygen atoms in total. The van der Waals surface area contributed by atoms with Crippen LogP contribution in [0.2, 0.25) is 0 Å². The highest BCUT2D eigenvalue weighted by molar-refractivity contribution is 8.01. The van der Waals surface area contributed by atoms with Gasteiger partial charge in [0.25, 0.3) is 0 Å². The molecule has 1 aromatic carbocycles. The van der Waals surface area contributed by atoms with Gasteiger partial charge in [-0.25, -0.2) is 0 Å². The van der Waals surface area contributed by atoms with Crippen molar-refractivity contribution in [1.82, 2.24) is 0 Å².